The quantitative estimate of drug-likeness (QED) is 0.148. The Bertz CT molecular complexity index is 3260. The number of hydrogen-bond acceptors (Lipinski definition) is 5. The molecular weight excluding hydrogens is 1010 g/mol. The van der Waals surface area contributed by atoms with Gasteiger partial charge >= 0.3 is 0 Å². The fourth-order valence-electron chi connectivity index (χ4n) is 9.57. The zero-order valence-corrected chi connectivity index (χ0v) is 41.5. The summed E-state index contributed by atoms with van der Waals surface area (Å²) in [5.74, 6) is 0.812. The summed E-state index contributed by atoms with van der Waals surface area (Å²) in [5.41, 5.74) is 18.1. The second-order valence-corrected chi connectivity index (χ2v) is 19.4. The number of hydrogen-bond donors (Lipinski definition) is 0. The van der Waals surface area contributed by atoms with Crippen LogP contribution in [0.15, 0.2) is 200 Å². The summed E-state index contributed by atoms with van der Waals surface area (Å²) in [7, 11) is 0. The molecule has 0 amide bonds. The van der Waals surface area contributed by atoms with Crippen LogP contribution in [-0.4, -0.2) is 4.98 Å². The maximum atomic E-state index is 5.03. The summed E-state index contributed by atoms with van der Waals surface area (Å²) >= 11 is 0. The van der Waals surface area contributed by atoms with E-state index in [0.29, 0.717) is 0 Å². The van der Waals surface area contributed by atoms with Gasteiger partial charge < -0.3 is 19.6 Å². The summed E-state index contributed by atoms with van der Waals surface area (Å²) in [4.78, 5) is 14.3. The van der Waals surface area contributed by atoms with Gasteiger partial charge in [-0.3, -0.25) is 0 Å². The second-order valence-electron chi connectivity index (χ2n) is 19.4. The molecule has 6 heteroatoms. The molecule has 0 fully saturated rings. The number of aromatic nitrogens is 1. The molecule has 5 nitrogen and oxygen atoms in total. The predicted octanol–water partition coefficient (Wildman–Crippen LogP) is 16.9. The number of rotatable bonds is 7. The maximum absolute atomic E-state index is 5.03. The molecule has 1 aromatic heterocycles. The molecule has 0 bridgehead atoms. The third-order valence-corrected chi connectivity index (χ3v) is 12.9. The van der Waals surface area contributed by atoms with Crippen LogP contribution in [0.1, 0.15) is 52.7 Å². The van der Waals surface area contributed by atoms with Gasteiger partial charge in [-0.25, -0.2) is 4.98 Å². The minimum absolute atomic E-state index is 0. The maximum Gasteiger partial charge on any atom is 0.135 e. The van der Waals surface area contributed by atoms with Crippen molar-refractivity contribution in [3.8, 4) is 33.4 Å². The Labute approximate surface area is 416 Å². The zero-order chi connectivity index (χ0) is 45.9. The van der Waals surface area contributed by atoms with Gasteiger partial charge in [-0.1, -0.05) is 185 Å². The molecule has 0 atom stereocenters. The van der Waals surface area contributed by atoms with Crippen molar-refractivity contribution in [1.29, 1.82) is 0 Å². The van der Waals surface area contributed by atoms with Crippen LogP contribution >= 0.6 is 0 Å². The number of anilines is 10. The van der Waals surface area contributed by atoms with E-state index in [1.165, 1.54) is 16.8 Å². The Morgan fingerprint density at radius 2 is 1.09 bits per heavy atom. The molecule has 0 aliphatic carbocycles. The third-order valence-electron chi connectivity index (χ3n) is 12.9. The van der Waals surface area contributed by atoms with Crippen LogP contribution in [0.4, 0.5) is 57.0 Å². The van der Waals surface area contributed by atoms with Crippen LogP contribution in [0.2, 0.25) is 0 Å². The third kappa shape index (κ3) is 8.09. The molecule has 8 aromatic carbocycles. The molecule has 2 aliphatic rings. The van der Waals surface area contributed by atoms with E-state index < -0.39 is 0 Å². The molecule has 0 spiro atoms. The molecule has 0 radical (unpaired) electrons. The predicted molar refractivity (Wildman–Crippen MR) is 280 cm³/mol. The molecule has 0 unspecified atom stereocenters. The first-order valence-corrected chi connectivity index (χ1v) is 23.1. The van der Waals surface area contributed by atoms with Gasteiger partial charge in [0.15, 0.2) is 0 Å². The van der Waals surface area contributed by atoms with Crippen molar-refractivity contribution in [1.82, 2.24) is 4.98 Å². The van der Waals surface area contributed by atoms with E-state index in [9.17, 15) is 0 Å². The van der Waals surface area contributed by atoms with Gasteiger partial charge in [0.1, 0.15) is 5.82 Å². The smallest absolute Gasteiger partial charge is 0.135 e. The molecule has 11 rings (SSSR count). The summed E-state index contributed by atoms with van der Waals surface area (Å²) in [5, 5.41) is 0. The molecule has 9 aromatic rings. The van der Waals surface area contributed by atoms with Crippen molar-refractivity contribution in [3.63, 3.8) is 0 Å². The fourth-order valence-corrected chi connectivity index (χ4v) is 9.57. The molecule has 2 aliphatic heterocycles. The van der Waals surface area contributed by atoms with E-state index in [2.05, 4.69) is 268 Å². The van der Waals surface area contributed by atoms with Crippen molar-refractivity contribution >= 4 is 57.0 Å². The Morgan fingerprint density at radius 3 is 1.78 bits per heavy atom. The van der Waals surface area contributed by atoms with E-state index in [4.69, 9.17) is 4.98 Å². The molecule has 338 valence electrons. The Kier molecular flexibility index (Phi) is 11.7. The summed E-state index contributed by atoms with van der Waals surface area (Å²) in [6, 6.07) is 77.5. The standard InChI is InChI=1S/C62H52N5.Pt/c1-61(2,3)45-38-48(64-42-65(57-30-18-17-29-56(57)64)55-28-16-15-27-54(55)62(4,5)6)40-49(39-45)66(46-23-11-8-12-24-46)47-33-35-53-51-26-14-13-25-50(51)52-34-32-44(43-21-9-7-10-22-43)37-58(52)67(59(53)41-47)60-31-19-20-36-63-60;/h7-39,42H,1-6H3;/q-3;. The SMILES string of the molecule is CC(C)(C)c1cc(N2[CH-]N(c3ccccc3C(C)(C)C)c3ccccc32)[c-]c(N(c2[c-]c3c(cc2)-c2ccccc2-c2ccc(-c4ccccc4)cc2N3c2ccccn2)c2ccccc2)c1.[Pt]. The zero-order valence-electron chi connectivity index (χ0n) is 39.2. The van der Waals surface area contributed by atoms with Crippen LogP contribution < -0.4 is 19.6 Å². The largest absolute Gasteiger partial charge is 0.493 e. The number of nitrogens with zero attached hydrogens (tertiary/aromatic N) is 5. The van der Waals surface area contributed by atoms with Crippen molar-refractivity contribution < 1.29 is 21.1 Å². The summed E-state index contributed by atoms with van der Waals surface area (Å²) in [6.07, 6.45) is 1.87. The summed E-state index contributed by atoms with van der Waals surface area (Å²) < 4.78 is 0. The number of fused-ring (bicyclic) bond motifs is 6. The van der Waals surface area contributed by atoms with Gasteiger partial charge in [0.05, 0.1) is 5.69 Å². The normalized spacial score (nSPS) is 12.9. The van der Waals surface area contributed by atoms with Gasteiger partial charge in [0.2, 0.25) is 0 Å². The van der Waals surface area contributed by atoms with Gasteiger partial charge in [0, 0.05) is 55.6 Å². The van der Waals surface area contributed by atoms with Gasteiger partial charge in [-0.2, -0.15) is 6.07 Å². The average molecular weight is 1060 g/mol. The van der Waals surface area contributed by atoms with Crippen molar-refractivity contribution in [2.45, 2.75) is 52.4 Å². The first kappa shape index (κ1) is 44.6. The molecule has 0 saturated carbocycles. The van der Waals surface area contributed by atoms with Gasteiger partial charge in [-0.15, -0.1) is 53.8 Å². The van der Waals surface area contributed by atoms with Crippen LogP contribution in [0.5, 0.6) is 0 Å². The topological polar surface area (TPSA) is 25.9 Å². The number of para-hydroxylation sites is 4. The van der Waals surface area contributed by atoms with Crippen molar-refractivity contribution in [2.24, 2.45) is 0 Å². The van der Waals surface area contributed by atoms with Crippen molar-refractivity contribution in [3.05, 3.63) is 230 Å². The van der Waals surface area contributed by atoms with E-state index in [-0.39, 0.29) is 31.9 Å². The number of pyridine rings is 1. The Morgan fingerprint density at radius 1 is 0.471 bits per heavy atom. The van der Waals surface area contributed by atoms with E-state index >= 15 is 0 Å². The fraction of sp³-hybridized carbons (Fsp3) is 0.129. The minimum Gasteiger partial charge on any atom is -0.493 e. The second kappa shape index (κ2) is 17.8. The van der Waals surface area contributed by atoms with Crippen LogP contribution in [-0.2, 0) is 31.9 Å². The van der Waals surface area contributed by atoms with Crippen LogP contribution in [0, 0.1) is 18.8 Å². The number of benzene rings is 8. The van der Waals surface area contributed by atoms with Crippen LogP contribution in [0.25, 0.3) is 33.4 Å². The first-order valence-electron chi connectivity index (χ1n) is 23.1. The van der Waals surface area contributed by atoms with Crippen LogP contribution in [0.3, 0.4) is 0 Å². The van der Waals surface area contributed by atoms with Crippen molar-refractivity contribution in [2.75, 3.05) is 19.6 Å². The molecular formula is C62H52N5Pt-3. The van der Waals surface area contributed by atoms with E-state index in [1.54, 1.807) is 0 Å². The molecule has 3 heterocycles. The molecule has 0 N–H and O–H groups in total. The van der Waals surface area contributed by atoms with Gasteiger partial charge in [0.25, 0.3) is 0 Å². The van der Waals surface area contributed by atoms with E-state index in [0.717, 1.165) is 84.7 Å². The molecule has 68 heavy (non-hydrogen) atoms. The monoisotopic (exact) mass is 1060 g/mol. The summed E-state index contributed by atoms with van der Waals surface area (Å²) in [6.45, 7) is 15.9. The molecule has 0 saturated heterocycles. The average Bonchev–Trinajstić information content (AvgIpc) is 3.69. The minimum atomic E-state index is -0.185. The van der Waals surface area contributed by atoms with Gasteiger partial charge in [-0.05, 0) is 81.6 Å². The first-order chi connectivity index (χ1) is 32.5. The Balaban J connectivity index is 0.00000539. The van der Waals surface area contributed by atoms with E-state index in [1.807, 2.05) is 12.3 Å². The Hall–Kier alpha value is -7.20.